The van der Waals surface area contributed by atoms with Gasteiger partial charge in [0.1, 0.15) is 0 Å². The number of benzene rings is 1. The van der Waals surface area contributed by atoms with Gasteiger partial charge in [0.15, 0.2) is 5.60 Å². The van der Waals surface area contributed by atoms with Crippen LogP contribution in [0.4, 0.5) is 0 Å². The van der Waals surface area contributed by atoms with Crippen LogP contribution >= 0.6 is 0 Å². The summed E-state index contributed by atoms with van der Waals surface area (Å²) in [7, 11) is 4.29. The van der Waals surface area contributed by atoms with Crippen molar-refractivity contribution in [2.24, 2.45) is 0 Å². The number of amides is 1. The van der Waals surface area contributed by atoms with Crippen molar-refractivity contribution in [3.63, 3.8) is 0 Å². The van der Waals surface area contributed by atoms with Crippen LogP contribution in [0, 0.1) is 0 Å². The Morgan fingerprint density at radius 3 is 2.27 bits per heavy atom. The van der Waals surface area contributed by atoms with Gasteiger partial charge in [-0.05, 0) is 65.6 Å². The second-order valence-electron chi connectivity index (χ2n) is 8.13. The zero-order valence-electron chi connectivity index (χ0n) is 16.7. The summed E-state index contributed by atoms with van der Waals surface area (Å²) in [4.78, 5) is 26.0. The fourth-order valence-corrected chi connectivity index (χ4v) is 3.82. The summed E-state index contributed by atoms with van der Waals surface area (Å²) in [6.07, 6.45) is 4.90. The Labute approximate surface area is 157 Å². The SMILES string of the molecule is CC(=O)OC(C)(C)C(=O)NC1CCC(Cc2ccccc2)(N(C)C)CC1. The number of hydrogen-bond donors (Lipinski definition) is 1. The maximum Gasteiger partial charge on any atom is 0.303 e. The van der Waals surface area contributed by atoms with E-state index in [1.807, 2.05) is 6.07 Å². The van der Waals surface area contributed by atoms with Crippen LogP contribution in [-0.4, -0.2) is 48.1 Å². The number of carbonyl (C=O) groups excluding carboxylic acids is 2. The predicted molar refractivity (Wildman–Crippen MR) is 103 cm³/mol. The van der Waals surface area contributed by atoms with Crippen molar-refractivity contribution < 1.29 is 14.3 Å². The smallest absolute Gasteiger partial charge is 0.303 e. The number of esters is 1. The lowest BCUT2D eigenvalue weighted by Crippen LogP contribution is -2.54. The third-order valence-corrected chi connectivity index (χ3v) is 5.52. The van der Waals surface area contributed by atoms with Gasteiger partial charge in [0, 0.05) is 18.5 Å². The quantitative estimate of drug-likeness (QED) is 0.793. The second-order valence-corrected chi connectivity index (χ2v) is 8.13. The molecule has 5 heteroatoms. The molecule has 0 bridgehead atoms. The van der Waals surface area contributed by atoms with Gasteiger partial charge in [-0.3, -0.25) is 9.59 Å². The molecule has 144 valence electrons. The molecule has 1 aromatic carbocycles. The lowest BCUT2D eigenvalue weighted by Gasteiger charge is -2.45. The highest BCUT2D eigenvalue weighted by Gasteiger charge is 2.39. The van der Waals surface area contributed by atoms with Gasteiger partial charge >= 0.3 is 5.97 Å². The Hall–Kier alpha value is -1.88. The normalized spacial score (nSPS) is 23.5. The van der Waals surface area contributed by atoms with E-state index in [0.29, 0.717) is 0 Å². The number of likely N-dealkylation sites (N-methyl/N-ethyl adjacent to an activating group) is 1. The van der Waals surface area contributed by atoms with E-state index in [1.54, 1.807) is 13.8 Å². The average Bonchev–Trinajstić information content (AvgIpc) is 2.56. The van der Waals surface area contributed by atoms with Crippen LogP contribution in [0.5, 0.6) is 0 Å². The fourth-order valence-electron chi connectivity index (χ4n) is 3.82. The third-order valence-electron chi connectivity index (χ3n) is 5.52. The van der Waals surface area contributed by atoms with Gasteiger partial charge in [0.05, 0.1) is 0 Å². The summed E-state index contributed by atoms with van der Waals surface area (Å²) in [5.41, 5.74) is 0.333. The molecule has 1 fully saturated rings. The minimum atomic E-state index is -1.13. The lowest BCUT2D eigenvalue weighted by molar-refractivity contribution is -0.163. The first-order chi connectivity index (χ1) is 12.1. The molecule has 0 unspecified atom stereocenters. The van der Waals surface area contributed by atoms with E-state index in [-0.39, 0.29) is 17.5 Å². The van der Waals surface area contributed by atoms with Gasteiger partial charge in [-0.2, -0.15) is 0 Å². The Morgan fingerprint density at radius 2 is 1.77 bits per heavy atom. The highest BCUT2D eigenvalue weighted by atomic mass is 16.6. The zero-order chi connectivity index (χ0) is 19.4. The number of hydrogen-bond acceptors (Lipinski definition) is 4. The largest absolute Gasteiger partial charge is 0.450 e. The number of nitrogens with one attached hydrogen (secondary N) is 1. The van der Waals surface area contributed by atoms with Crippen LogP contribution in [0.2, 0.25) is 0 Å². The number of nitrogens with zero attached hydrogens (tertiary/aromatic N) is 1. The Morgan fingerprint density at radius 1 is 1.19 bits per heavy atom. The monoisotopic (exact) mass is 360 g/mol. The molecular formula is C21H32N2O3. The Balaban J connectivity index is 1.97. The summed E-state index contributed by atoms with van der Waals surface area (Å²) >= 11 is 0. The predicted octanol–water partition coefficient (Wildman–Crippen LogP) is 2.93. The molecule has 1 aliphatic carbocycles. The molecular weight excluding hydrogens is 328 g/mol. The van der Waals surface area contributed by atoms with E-state index in [4.69, 9.17) is 4.74 Å². The molecule has 1 amide bonds. The molecule has 26 heavy (non-hydrogen) atoms. The zero-order valence-corrected chi connectivity index (χ0v) is 16.7. The molecule has 2 rings (SSSR count). The first kappa shape index (κ1) is 20.4. The number of rotatable bonds is 6. The van der Waals surface area contributed by atoms with Crippen molar-refractivity contribution >= 4 is 11.9 Å². The van der Waals surface area contributed by atoms with E-state index in [0.717, 1.165) is 32.1 Å². The molecule has 0 heterocycles. The summed E-state index contributed by atoms with van der Waals surface area (Å²) in [5.74, 6) is -0.665. The maximum absolute atomic E-state index is 12.5. The van der Waals surface area contributed by atoms with Gasteiger partial charge in [-0.25, -0.2) is 0 Å². The third kappa shape index (κ3) is 5.07. The molecule has 0 atom stereocenters. The lowest BCUT2D eigenvalue weighted by atomic mass is 9.74. The van der Waals surface area contributed by atoms with E-state index >= 15 is 0 Å². The molecule has 0 saturated heterocycles. The van der Waals surface area contributed by atoms with Crippen molar-refractivity contribution in [2.45, 2.75) is 70.1 Å². The minimum absolute atomic E-state index is 0.119. The standard InChI is InChI=1S/C21H32N2O3/c1-16(24)26-20(2,3)19(25)22-18-11-13-21(14-12-18,23(4)5)15-17-9-7-6-8-10-17/h6-10,18H,11-15H2,1-5H3,(H,22,25). The fraction of sp³-hybridized carbons (Fsp3) is 0.619. The molecule has 1 aliphatic rings. The average molecular weight is 360 g/mol. The van der Waals surface area contributed by atoms with E-state index in [2.05, 4.69) is 48.6 Å². The van der Waals surface area contributed by atoms with Gasteiger partial charge in [-0.15, -0.1) is 0 Å². The Kier molecular flexibility index (Phi) is 6.45. The maximum atomic E-state index is 12.5. The number of carbonyl (C=O) groups is 2. The van der Waals surface area contributed by atoms with Crippen molar-refractivity contribution in [3.8, 4) is 0 Å². The highest BCUT2D eigenvalue weighted by molar-refractivity contribution is 5.86. The Bertz CT molecular complexity index is 617. The first-order valence-corrected chi connectivity index (χ1v) is 9.36. The van der Waals surface area contributed by atoms with E-state index in [1.165, 1.54) is 12.5 Å². The molecule has 1 saturated carbocycles. The van der Waals surface area contributed by atoms with Gasteiger partial charge < -0.3 is 15.0 Å². The highest BCUT2D eigenvalue weighted by Crippen LogP contribution is 2.35. The van der Waals surface area contributed by atoms with Crippen LogP contribution in [0.15, 0.2) is 30.3 Å². The van der Waals surface area contributed by atoms with Crippen LogP contribution in [0.3, 0.4) is 0 Å². The summed E-state index contributed by atoms with van der Waals surface area (Å²) in [5, 5.41) is 3.07. The molecule has 0 aromatic heterocycles. The molecule has 1 aromatic rings. The van der Waals surface area contributed by atoms with Crippen LogP contribution < -0.4 is 5.32 Å². The topological polar surface area (TPSA) is 58.6 Å². The van der Waals surface area contributed by atoms with Crippen LogP contribution in [-0.2, 0) is 20.7 Å². The van der Waals surface area contributed by atoms with Gasteiger partial charge in [0.25, 0.3) is 5.91 Å². The van der Waals surface area contributed by atoms with Crippen molar-refractivity contribution in [3.05, 3.63) is 35.9 Å². The summed E-state index contributed by atoms with van der Waals surface area (Å²) < 4.78 is 5.14. The summed E-state index contributed by atoms with van der Waals surface area (Å²) in [6.45, 7) is 4.59. The van der Waals surface area contributed by atoms with Crippen LogP contribution in [0.25, 0.3) is 0 Å². The van der Waals surface area contributed by atoms with Crippen molar-refractivity contribution in [1.82, 2.24) is 10.2 Å². The summed E-state index contributed by atoms with van der Waals surface area (Å²) in [6, 6.07) is 10.7. The molecule has 0 spiro atoms. The van der Waals surface area contributed by atoms with Crippen molar-refractivity contribution in [2.75, 3.05) is 14.1 Å². The second kappa shape index (κ2) is 8.21. The van der Waals surface area contributed by atoms with E-state index < -0.39 is 11.6 Å². The first-order valence-electron chi connectivity index (χ1n) is 9.36. The molecule has 0 radical (unpaired) electrons. The van der Waals surface area contributed by atoms with Gasteiger partial charge in [0.2, 0.25) is 0 Å². The number of ether oxygens (including phenoxy) is 1. The van der Waals surface area contributed by atoms with E-state index in [9.17, 15) is 9.59 Å². The van der Waals surface area contributed by atoms with Crippen LogP contribution in [0.1, 0.15) is 52.0 Å². The molecule has 5 nitrogen and oxygen atoms in total. The van der Waals surface area contributed by atoms with Gasteiger partial charge in [-0.1, -0.05) is 30.3 Å². The minimum Gasteiger partial charge on any atom is -0.450 e. The molecule has 1 N–H and O–H groups in total. The van der Waals surface area contributed by atoms with Crippen molar-refractivity contribution in [1.29, 1.82) is 0 Å². The molecule has 0 aliphatic heterocycles.